The monoisotopic (exact) mass is 291 g/mol. The third-order valence-corrected chi connectivity index (χ3v) is 4.40. The summed E-state index contributed by atoms with van der Waals surface area (Å²) in [5.74, 6) is 0.888. The number of furan rings is 1. The van der Waals surface area contributed by atoms with Crippen LogP contribution < -0.4 is 0 Å². The van der Waals surface area contributed by atoms with Gasteiger partial charge in [0.05, 0.1) is 17.5 Å². The first-order chi connectivity index (χ1) is 10.4. The molecule has 0 saturated heterocycles. The highest BCUT2D eigenvalue weighted by Gasteiger charge is 2.18. The summed E-state index contributed by atoms with van der Waals surface area (Å²) >= 11 is 1.73. The molecule has 0 aliphatic carbocycles. The first-order valence-electron chi connectivity index (χ1n) is 6.78. The molecule has 0 fully saturated rings. The lowest BCUT2D eigenvalue weighted by Crippen LogP contribution is -1.82. The summed E-state index contributed by atoms with van der Waals surface area (Å²) in [6.45, 7) is 0. The highest BCUT2D eigenvalue weighted by Crippen LogP contribution is 2.41. The second-order valence-corrected chi connectivity index (χ2v) is 5.72. The Morgan fingerprint density at radius 3 is 2.52 bits per heavy atom. The molecule has 1 N–H and O–H groups in total. The van der Waals surface area contributed by atoms with Gasteiger partial charge in [-0.1, -0.05) is 36.4 Å². The van der Waals surface area contributed by atoms with E-state index in [1.54, 1.807) is 17.6 Å². The van der Waals surface area contributed by atoms with E-state index in [-0.39, 0.29) is 0 Å². The fourth-order valence-electron chi connectivity index (χ4n) is 2.56. The van der Waals surface area contributed by atoms with Crippen molar-refractivity contribution < 1.29 is 4.42 Å². The van der Waals surface area contributed by atoms with Crippen LogP contribution in [0.1, 0.15) is 0 Å². The fourth-order valence-corrected chi connectivity index (χ4v) is 3.31. The van der Waals surface area contributed by atoms with Gasteiger partial charge in [-0.25, -0.2) is 0 Å². The van der Waals surface area contributed by atoms with Crippen molar-refractivity contribution in [2.45, 2.75) is 0 Å². The minimum absolute atomic E-state index is 0.888. The highest BCUT2D eigenvalue weighted by molar-refractivity contribution is 7.13. The van der Waals surface area contributed by atoms with E-state index in [9.17, 15) is 0 Å². The van der Waals surface area contributed by atoms with Crippen LogP contribution in [0, 0.1) is 0 Å². The number of H-pyrrole nitrogens is 1. The van der Waals surface area contributed by atoms with Gasteiger partial charge in [-0.3, -0.25) is 0 Å². The Morgan fingerprint density at radius 2 is 1.81 bits per heavy atom. The van der Waals surface area contributed by atoms with E-state index in [1.807, 2.05) is 30.3 Å². The van der Waals surface area contributed by atoms with E-state index in [0.29, 0.717) is 0 Å². The van der Waals surface area contributed by atoms with E-state index in [2.05, 4.69) is 40.8 Å². The molecule has 0 aliphatic heterocycles. The van der Waals surface area contributed by atoms with Crippen LogP contribution in [0.5, 0.6) is 0 Å². The van der Waals surface area contributed by atoms with Crippen LogP contribution >= 0.6 is 11.3 Å². The lowest BCUT2D eigenvalue weighted by molar-refractivity contribution is 0.583. The van der Waals surface area contributed by atoms with E-state index in [1.165, 1.54) is 10.4 Å². The molecule has 2 nitrogen and oxygen atoms in total. The zero-order valence-corrected chi connectivity index (χ0v) is 12.1. The molecule has 0 aliphatic rings. The van der Waals surface area contributed by atoms with Gasteiger partial charge in [0.25, 0.3) is 0 Å². The molecule has 4 rings (SSSR count). The molecule has 102 valence electrons. The summed E-state index contributed by atoms with van der Waals surface area (Å²) in [6.07, 6.45) is 3.78. The molecule has 0 saturated carbocycles. The Hall–Kier alpha value is -2.52. The van der Waals surface area contributed by atoms with Gasteiger partial charge in [-0.05, 0) is 29.1 Å². The van der Waals surface area contributed by atoms with Crippen LogP contribution in [-0.4, -0.2) is 4.98 Å². The highest BCUT2D eigenvalue weighted by atomic mass is 32.1. The van der Waals surface area contributed by atoms with Gasteiger partial charge in [0, 0.05) is 16.6 Å². The molecule has 3 heteroatoms. The van der Waals surface area contributed by atoms with Crippen molar-refractivity contribution >= 4 is 11.3 Å². The maximum atomic E-state index is 5.66. The van der Waals surface area contributed by atoms with Gasteiger partial charge in [-0.15, -0.1) is 11.3 Å². The maximum Gasteiger partial charge on any atom is 0.136 e. The Bertz CT molecular complexity index is 827. The standard InChI is InChI=1S/C18H13NOS/c1-2-6-13(7-3-1)18-17(15-8-4-10-20-15)14(12-19-18)16-9-5-11-21-16/h1-12,19H. The van der Waals surface area contributed by atoms with Crippen molar-refractivity contribution in [2.75, 3.05) is 0 Å². The van der Waals surface area contributed by atoms with Crippen molar-refractivity contribution in [2.24, 2.45) is 0 Å². The predicted molar refractivity (Wildman–Crippen MR) is 87.2 cm³/mol. The lowest BCUT2D eigenvalue weighted by atomic mass is 10.0. The summed E-state index contributed by atoms with van der Waals surface area (Å²) < 4.78 is 5.66. The minimum Gasteiger partial charge on any atom is -0.464 e. The zero-order valence-electron chi connectivity index (χ0n) is 11.2. The SMILES string of the molecule is c1ccc(-c2[nH]cc(-c3cccs3)c2-c2ccco2)cc1. The summed E-state index contributed by atoms with van der Waals surface area (Å²) in [5.41, 5.74) is 4.55. The van der Waals surface area contributed by atoms with Crippen molar-refractivity contribution in [1.82, 2.24) is 4.98 Å². The number of benzene rings is 1. The summed E-state index contributed by atoms with van der Waals surface area (Å²) in [4.78, 5) is 4.65. The van der Waals surface area contributed by atoms with E-state index in [4.69, 9.17) is 4.42 Å². The van der Waals surface area contributed by atoms with Gasteiger partial charge in [0.1, 0.15) is 5.76 Å². The average molecular weight is 291 g/mol. The van der Waals surface area contributed by atoms with Crippen LogP contribution in [-0.2, 0) is 0 Å². The fraction of sp³-hybridized carbons (Fsp3) is 0. The number of hydrogen-bond donors (Lipinski definition) is 1. The van der Waals surface area contributed by atoms with Crippen LogP contribution in [0.15, 0.2) is 76.9 Å². The molecule has 3 aromatic heterocycles. The van der Waals surface area contributed by atoms with Gasteiger partial charge in [0.2, 0.25) is 0 Å². The number of hydrogen-bond acceptors (Lipinski definition) is 2. The number of aromatic nitrogens is 1. The topological polar surface area (TPSA) is 28.9 Å². The van der Waals surface area contributed by atoms with Crippen molar-refractivity contribution in [3.05, 3.63) is 72.4 Å². The maximum absolute atomic E-state index is 5.66. The van der Waals surface area contributed by atoms with Gasteiger partial charge in [-0.2, -0.15) is 0 Å². The van der Waals surface area contributed by atoms with Gasteiger partial charge >= 0.3 is 0 Å². The Morgan fingerprint density at radius 1 is 0.905 bits per heavy atom. The smallest absolute Gasteiger partial charge is 0.136 e. The quantitative estimate of drug-likeness (QED) is 0.517. The largest absolute Gasteiger partial charge is 0.464 e. The Kier molecular flexibility index (Phi) is 2.98. The molecule has 0 unspecified atom stereocenters. The molecule has 3 heterocycles. The minimum atomic E-state index is 0.888. The normalized spacial score (nSPS) is 10.9. The van der Waals surface area contributed by atoms with Crippen LogP contribution in [0.2, 0.25) is 0 Å². The van der Waals surface area contributed by atoms with E-state index in [0.717, 1.165) is 22.6 Å². The predicted octanol–water partition coefficient (Wildman–Crippen LogP) is 5.67. The number of rotatable bonds is 3. The molecule has 0 bridgehead atoms. The van der Waals surface area contributed by atoms with Crippen LogP contribution in [0.25, 0.3) is 33.0 Å². The molecule has 1 aromatic carbocycles. The molecule has 4 aromatic rings. The molecule has 0 amide bonds. The van der Waals surface area contributed by atoms with E-state index >= 15 is 0 Å². The summed E-state index contributed by atoms with van der Waals surface area (Å²) in [5, 5.41) is 2.09. The first-order valence-corrected chi connectivity index (χ1v) is 7.66. The van der Waals surface area contributed by atoms with Gasteiger partial charge in [0.15, 0.2) is 0 Å². The molecular formula is C18H13NOS. The van der Waals surface area contributed by atoms with Gasteiger partial charge < -0.3 is 9.40 Å². The Balaban J connectivity index is 1.97. The van der Waals surface area contributed by atoms with Crippen molar-refractivity contribution in [1.29, 1.82) is 0 Å². The van der Waals surface area contributed by atoms with Crippen molar-refractivity contribution in [3.8, 4) is 33.0 Å². The molecule has 0 atom stereocenters. The average Bonchev–Trinajstić information content (AvgIpc) is 3.27. The zero-order chi connectivity index (χ0) is 14.1. The number of nitrogens with one attached hydrogen (secondary N) is 1. The Labute approximate surface area is 126 Å². The first kappa shape index (κ1) is 12.2. The van der Waals surface area contributed by atoms with Crippen LogP contribution in [0.3, 0.4) is 0 Å². The van der Waals surface area contributed by atoms with Crippen molar-refractivity contribution in [3.63, 3.8) is 0 Å². The molecule has 0 radical (unpaired) electrons. The third kappa shape index (κ3) is 2.12. The third-order valence-electron chi connectivity index (χ3n) is 3.50. The molecule has 21 heavy (non-hydrogen) atoms. The molecular weight excluding hydrogens is 278 g/mol. The second kappa shape index (κ2) is 5.11. The summed E-state index contributed by atoms with van der Waals surface area (Å²) in [7, 11) is 0. The van der Waals surface area contributed by atoms with E-state index < -0.39 is 0 Å². The number of aromatic amines is 1. The number of thiophene rings is 1. The summed E-state index contributed by atoms with van der Waals surface area (Å²) in [6, 6.07) is 18.5. The van der Waals surface area contributed by atoms with Crippen LogP contribution in [0.4, 0.5) is 0 Å². The lowest BCUT2D eigenvalue weighted by Gasteiger charge is -2.04. The second-order valence-electron chi connectivity index (χ2n) is 4.77. The molecule has 0 spiro atoms.